The molecule has 26 heavy (non-hydrogen) atoms. The first kappa shape index (κ1) is 18.0. The van der Waals surface area contributed by atoms with Gasteiger partial charge >= 0.3 is 5.97 Å². The second-order valence-corrected chi connectivity index (χ2v) is 6.79. The van der Waals surface area contributed by atoms with Crippen LogP contribution in [0.25, 0.3) is 0 Å². The molecule has 1 aromatic heterocycles. The van der Waals surface area contributed by atoms with Crippen LogP contribution in [-0.4, -0.2) is 15.9 Å². The number of halogens is 1. The fourth-order valence-corrected chi connectivity index (χ4v) is 3.04. The number of esters is 1. The molecule has 0 bridgehead atoms. The van der Waals surface area contributed by atoms with Crippen LogP contribution in [0.1, 0.15) is 6.92 Å². The molecule has 0 saturated heterocycles. The van der Waals surface area contributed by atoms with Crippen molar-refractivity contribution in [2.45, 2.75) is 16.7 Å². The molecule has 2 aromatic carbocycles. The lowest BCUT2D eigenvalue weighted by atomic mass is 10.3. The van der Waals surface area contributed by atoms with Crippen LogP contribution in [0, 0.1) is 0 Å². The van der Waals surface area contributed by atoms with E-state index in [2.05, 4.69) is 15.3 Å². The number of aromatic nitrogens is 2. The second kappa shape index (κ2) is 8.07. The lowest BCUT2D eigenvalue weighted by Crippen LogP contribution is -2.03. The van der Waals surface area contributed by atoms with Crippen molar-refractivity contribution < 1.29 is 9.53 Å². The van der Waals surface area contributed by atoms with Gasteiger partial charge in [0.25, 0.3) is 0 Å². The lowest BCUT2D eigenvalue weighted by Gasteiger charge is -2.11. The van der Waals surface area contributed by atoms with E-state index in [1.54, 1.807) is 30.5 Å². The van der Waals surface area contributed by atoms with Gasteiger partial charge in [0.2, 0.25) is 5.95 Å². The molecule has 0 unspecified atom stereocenters. The highest BCUT2D eigenvalue weighted by Gasteiger charge is 2.09. The number of hydrogen-bond acceptors (Lipinski definition) is 7. The molecule has 8 heteroatoms. The molecule has 0 aliphatic rings. The maximum absolute atomic E-state index is 11.0. The van der Waals surface area contributed by atoms with Crippen LogP contribution in [0.15, 0.2) is 64.5 Å². The van der Waals surface area contributed by atoms with E-state index in [0.29, 0.717) is 16.6 Å². The maximum atomic E-state index is 11.0. The van der Waals surface area contributed by atoms with Gasteiger partial charge in [0.15, 0.2) is 0 Å². The molecule has 3 rings (SSSR count). The summed E-state index contributed by atoms with van der Waals surface area (Å²) in [6, 6.07) is 14.4. The average Bonchev–Trinajstić information content (AvgIpc) is 2.60. The largest absolute Gasteiger partial charge is 0.427 e. The Bertz CT molecular complexity index is 917. The first-order valence-electron chi connectivity index (χ1n) is 7.61. The summed E-state index contributed by atoms with van der Waals surface area (Å²) in [5, 5.41) is 3.88. The molecule has 0 aliphatic carbocycles. The van der Waals surface area contributed by atoms with Gasteiger partial charge in [0.05, 0.1) is 4.90 Å². The molecule has 3 aromatic rings. The Morgan fingerprint density at radius 2 is 1.85 bits per heavy atom. The summed E-state index contributed by atoms with van der Waals surface area (Å²) in [4.78, 5) is 21.1. The van der Waals surface area contributed by atoms with Crippen LogP contribution in [-0.2, 0) is 4.79 Å². The minimum Gasteiger partial charge on any atom is -0.427 e. The zero-order valence-electron chi connectivity index (χ0n) is 13.8. The lowest BCUT2D eigenvalue weighted by molar-refractivity contribution is -0.131. The number of carbonyl (C=O) groups excluding carboxylic acids is 1. The van der Waals surface area contributed by atoms with Crippen LogP contribution in [0.3, 0.4) is 0 Å². The molecule has 0 atom stereocenters. The average molecular weight is 387 g/mol. The van der Waals surface area contributed by atoms with Gasteiger partial charge in [-0.1, -0.05) is 23.4 Å². The van der Waals surface area contributed by atoms with Gasteiger partial charge in [0, 0.05) is 28.7 Å². The quantitative estimate of drug-likeness (QED) is 0.491. The van der Waals surface area contributed by atoms with Crippen molar-refractivity contribution in [2.75, 3.05) is 11.1 Å². The Labute approximate surface area is 159 Å². The molecule has 132 valence electrons. The Kier molecular flexibility index (Phi) is 5.60. The number of nitrogens with one attached hydrogen (secondary N) is 1. The van der Waals surface area contributed by atoms with Crippen molar-refractivity contribution in [3.8, 4) is 5.75 Å². The molecular weight excluding hydrogens is 372 g/mol. The van der Waals surface area contributed by atoms with E-state index in [-0.39, 0.29) is 11.9 Å². The normalized spacial score (nSPS) is 10.4. The molecule has 0 saturated carbocycles. The zero-order chi connectivity index (χ0) is 18.5. The number of nitrogens with two attached hydrogens (primary N) is 1. The molecular formula is C18H15ClN4O2S. The van der Waals surface area contributed by atoms with Crippen molar-refractivity contribution in [1.29, 1.82) is 0 Å². The molecule has 0 spiro atoms. The Morgan fingerprint density at radius 1 is 1.15 bits per heavy atom. The van der Waals surface area contributed by atoms with Crippen LogP contribution in [0.5, 0.6) is 5.75 Å². The molecule has 1 heterocycles. The highest BCUT2D eigenvalue weighted by atomic mass is 35.5. The molecule has 3 N–H and O–H groups in total. The molecule has 0 aliphatic heterocycles. The van der Waals surface area contributed by atoms with E-state index < -0.39 is 0 Å². The van der Waals surface area contributed by atoms with E-state index in [1.807, 2.05) is 24.3 Å². The van der Waals surface area contributed by atoms with Crippen LogP contribution < -0.4 is 15.8 Å². The predicted octanol–water partition coefficient (Wildman–Crippen LogP) is 4.53. The Morgan fingerprint density at radius 3 is 2.50 bits per heavy atom. The zero-order valence-corrected chi connectivity index (χ0v) is 15.3. The van der Waals surface area contributed by atoms with Gasteiger partial charge in [-0.2, -0.15) is 4.98 Å². The van der Waals surface area contributed by atoms with Crippen molar-refractivity contribution in [3.63, 3.8) is 0 Å². The summed E-state index contributed by atoms with van der Waals surface area (Å²) in [5.74, 6) is 0.860. The highest BCUT2D eigenvalue weighted by molar-refractivity contribution is 7.99. The van der Waals surface area contributed by atoms with Crippen LogP contribution >= 0.6 is 23.4 Å². The van der Waals surface area contributed by atoms with Crippen LogP contribution in [0.4, 0.5) is 17.5 Å². The van der Waals surface area contributed by atoms with Gasteiger partial charge in [-0.25, -0.2) is 4.98 Å². The van der Waals surface area contributed by atoms with Crippen molar-refractivity contribution >= 4 is 46.8 Å². The van der Waals surface area contributed by atoms with Crippen molar-refractivity contribution in [1.82, 2.24) is 9.97 Å². The minimum atomic E-state index is -0.365. The number of anilines is 3. The molecule has 6 nitrogen and oxygen atoms in total. The summed E-state index contributed by atoms with van der Waals surface area (Å²) in [7, 11) is 0. The van der Waals surface area contributed by atoms with E-state index in [4.69, 9.17) is 22.1 Å². The predicted molar refractivity (Wildman–Crippen MR) is 103 cm³/mol. The van der Waals surface area contributed by atoms with Crippen molar-refractivity contribution in [2.24, 2.45) is 0 Å². The first-order chi connectivity index (χ1) is 12.5. The third kappa shape index (κ3) is 4.87. The number of carbonyl (C=O) groups is 1. The smallest absolute Gasteiger partial charge is 0.308 e. The standard InChI is InChI=1S/C18H15ClN4O2S/c1-11(24)25-14-6-4-13(5-7-14)22-17-16(10-21-18(20)23-17)26-15-8-2-12(19)3-9-15/h2-10H,1H3,(H3,20,21,22,23). The van der Waals surface area contributed by atoms with Gasteiger partial charge in [-0.3, -0.25) is 4.79 Å². The van der Waals surface area contributed by atoms with E-state index in [9.17, 15) is 4.79 Å². The van der Waals surface area contributed by atoms with Crippen molar-refractivity contribution in [3.05, 3.63) is 59.8 Å². The van der Waals surface area contributed by atoms with Gasteiger partial charge in [-0.15, -0.1) is 0 Å². The van der Waals surface area contributed by atoms with Crippen LogP contribution in [0.2, 0.25) is 5.02 Å². The third-order valence-corrected chi connectivity index (χ3v) is 4.47. The Hall–Kier alpha value is -2.77. The Balaban J connectivity index is 1.81. The number of rotatable bonds is 5. The topological polar surface area (TPSA) is 90.1 Å². The van der Waals surface area contributed by atoms with Gasteiger partial charge < -0.3 is 15.8 Å². The first-order valence-corrected chi connectivity index (χ1v) is 8.80. The number of benzene rings is 2. The van der Waals surface area contributed by atoms with E-state index in [1.165, 1.54) is 18.7 Å². The van der Waals surface area contributed by atoms with Gasteiger partial charge in [0.1, 0.15) is 11.6 Å². The number of nitrogens with zero attached hydrogens (tertiary/aromatic N) is 2. The minimum absolute atomic E-state index is 0.171. The fourth-order valence-electron chi connectivity index (χ4n) is 2.09. The molecule has 0 amide bonds. The fraction of sp³-hybridized carbons (Fsp3) is 0.0556. The van der Waals surface area contributed by atoms with Gasteiger partial charge in [-0.05, 0) is 48.5 Å². The summed E-state index contributed by atoms with van der Waals surface area (Å²) in [6.07, 6.45) is 1.66. The number of hydrogen-bond donors (Lipinski definition) is 2. The summed E-state index contributed by atoms with van der Waals surface area (Å²) >= 11 is 7.42. The number of nitrogen functional groups attached to an aromatic ring is 1. The SMILES string of the molecule is CC(=O)Oc1ccc(Nc2nc(N)ncc2Sc2ccc(Cl)cc2)cc1. The van der Waals surface area contributed by atoms with E-state index in [0.717, 1.165) is 15.5 Å². The monoisotopic (exact) mass is 386 g/mol. The third-order valence-electron chi connectivity index (χ3n) is 3.19. The maximum Gasteiger partial charge on any atom is 0.308 e. The van der Waals surface area contributed by atoms with E-state index >= 15 is 0 Å². The second-order valence-electron chi connectivity index (χ2n) is 5.24. The molecule has 0 radical (unpaired) electrons. The highest BCUT2D eigenvalue weighted by Crippen LogP contribution is 2.34. The summed E-state index contributed by atoms with van der Waals surface area (Å²) in [5.41, 5.74) is 6.50. The number of ether oxygens (including phenoxy) is 1. The molecule has 0 fully saturated rings. The summed E-state index contributed by atoms with van der Waals surface area (Å²) < 4.78 is 5.02. The summed E-state index contributed by atoms with van der Waals surface area (Å²) in [6.45, 7) is 1.36.